The Morgan fingerprint density at radius 3 is 2.44 bits per heavy atom. The topological polar surface area (TPSA) is 75.6 Å². The molecule has 0 aliphatic rings. The zero-order valence-electron chi connectivity index (χ0n) is 10.3. The van der Waals surface area contributed by atoms with Crippen LogP contribution in [0, 0.1) is 5.41 Å². The number of nitrogens with one attached hydrogen (secondary N) is 1. The number of halogens is 1. The smallest absolute Gasteiger partial charge is 0.318 e. The second-order valence-corrected chi connectivity index (χ2v) is 5.18. The zero-order chi connectivity index (χ0) is 13.9. The van der Waals surface area contributed by atoms with Crippen LogP contribution in [-0.2, 0) is 9.59 Å². The van der Waals surface area contributed by atoms with Crippen LogP contribution in [0.1, 0.15) is 13.8 Å². The molecule has 0 spiro atoms. The molecular formula is C12H14BrNO4. The standard InChI is InChI=1S/C12H14BrNO4/c1-12(2,11(16)17)10(15)14-8-4-7(13)5-9(6-8)18-3/h4-6H,1-3H3,(H,14,15)(H,16,17). The fourth-order valence-corrected chi connectivity index (χ4v) is 1.61. The summed E-state index contributed by atoms with van der Waals surface area (Å²) in [4.78, 5) is 22.8. The lowest BCUT2D eigenvalue weighted by Gasteiger charge is -2.18. The molecule has 0 saturated heterocycles. The van der Waals surface area contributed by atoms with E-state index in [2.05, 4.69) is 21.2 Å². The highest BCUT2D eigenvalue weighted by molar-refractivity contribution is 9.10. The summed E-state index contributed by atoms with van der Waals surface area (Å²) in [6.07, 6.45) is 0. The van der Waals surface area contributed by atoms with Gasteiger partial charge >= 0.3 is 5.97 Å². The Bertz CT molecular complexity index is 485. The van der Waals surface area contributed by atoms with E-state index >= 15 is 0 Å². The van der Waals surface area contributed by atoms with Crippen LogP contribution in [-0.4, -0.2) is 24.1 Å². The van der Waals surface area contributed by atoms with E-state index in [9.17, 15) is 9.59 Å². The van der Waals surface area contributed by atoms with Gasteiger partial charge in [0.05, 0.1) is 7.11 Å². The molecule has 0 aliphatic heterocycles. The number of hydrogen-bond donors (Lipinski definition) is 2. The number of amides is 1. The van der Waals surface area contributed by atoms with Crippen molar-refractivity contribution in [1.29, 1.82) is 0 Å². The van der Waals surface area contributed by atoms with Crippen LogP contribution < -0.4 is 10.1 Å². The number of carboxylic acids is 1. The molecule has 1 aromatic rings. The number of methoxy groups -OCH3 is 1. The Labute approximate surface area is 113 Å². The van der Waals surface area contributed by atoms with Crippen molar-refractivity contribution in [3.05, 3.63) is 22.7 Å². The molecule has 1 rings (SSSR count). The van der Waals surface area contributed by atoms with Crippen molar-refractivity contribution >= 4 is 33.5 Å². The van der Waals surface area contributed by atoms with E-state index in [0.29, 0.717) is 11.4 Å². The number of benzene rings is 1. The van der Waals surface area contributed by atoms with Crippen molar-refractivity contribution in [2.45, 2.75) is 13.8 Å². The minimum Gasteiger partial charge on any atom is -0.497 e. The molecule has 6 heteroatoms. The molecule has 0 unspecified atom stereocenters. The van der Waals surface area contributed by atoms with Crippen LogP contribution >= 0.6 is 15.9 Å². The summed E-state index contributed by atoms with van der Waals surface area (Å²) in [5, 5.41) is 11.5. The van der Waals surface area contributed by atoms with Crippen molar-refractivity contribution < 1.29 is 19.4 Å². The highest BCUT2D eigenvalue weighted by Gasteiger charge is 2.36. The van der Waals surface area contributed by atoms with Gasteiger partial charge in [-0.05, 0) is 26.0 Å². The van der Waals surface area contributed by atoms with E-state index in [-0.39, 0.29) is 0 Å². The predicted molar refractivity (Wildman–Crippen MR) is 70.7 cm³/mol. The van der Waals surface area contributed by atoms with Gasteiger partial charge in [-0.3, -0.25) is 9.59 Å². The minimum absolute atomic E-state index is 0.473. The first kappa shape index (κ1) is 14.5. The second-order valence-electron chi connectivity index (χ2n) is 4.26. The highest BCUT2D eigenvalue weighted by Crippen LogP contribution is 2.26. The normalized spacial score (nSPS) is 10.9. The average Bonchev–Trinajstić information content (AvgIpc) is 2.27. The summed E-state index contributed by atoms with van der Waals surface area (Å²) in [7, 11) is 1.51. The van der Waals surface area contributed by atoms with Crippen molar-refractivity contribution in [2.24, 2.45) is 5.41 Å². The quantitative estimate of drug-likeness (QED) is 0.837. The van der Waals surface area contributed by atoms with Crippen molar-refractivity contribution in [3.8, 4) is 5.75 Å². The molecule has 0 heterocycles. The predicted octanol–water partition coefficient (Wildman–Crippen LogP) is 2.51. The maximum absolute atomic E-state index is 11.8. The molecule has 0 bridgehead atoms. The van der Waals surface area contributed by atoms with E-state index in [4.69, 9.17) is 9.84 Å². The van der Waals surface area contributed by atoms with Gasteiger partial charge in [-0.2, -0.15) is 0 Å². The van der Waals surface area contributed by atoms with Gasteiger partial charge in [0.1, 0.15) is 11.2 Å². The number of anilines is 1. The van der Waals surface area contributed by atoms with E-state index in [1.54, 1.807) is 18.2 Å². The maximum Gasteiger partial charge on any atom is 0.318 e. The number of carbonyl (C=O) groups excluding carboxylic acids is 1. The van der Waals surface area contributed by atoms with Crippen LogP contribution in [0.2, 0.25) is 0 Å². The lowest BCUT2D eigenvalue weighted by molar-refractivity contribution is -0.151. The average molecular weight is 316 g/mol. The van der Waals surface area contributed by atoms with Crippen molar-refractivity contribution in [3.63, 3.8) is 0 Å². The summed E-state index contributed by atoms with van der Waals surface area (Å²) >= 11 is 3.28. The molecule has 0 aliphatic carbocycles. The SMILES string of the molecule is COc1cc(Br)cc(NC(=O)C(C)(C)C(=O)O)c1. The van der Waals surface area contributed by atoms with Gasteiger partial charge in [-0.1, -0.05) is 15.9 Å². The molecule has 0 saturated carbocycles. The molecule has 98 valence electrons. The third kappa shape index (κ3) is 3.22. The Balaban J connectivity index is 2.95. The Kier molecular flexibility index (Phi) is 4.34. The third-order valence-corrected chi connectivity index (χ3v) is 2.93. The Morgan fingerprint density at radius 1 is 1.33 bits per heavy atom. The lowest BCUT2D eigenvalue weighted by Crippen LogP contribution is -2.37. The summed E-state index contributed by atoms with van der Waals surface area (Å²) in [5.74, 6) is -1.20. The van der Waals surface area contributed by atoms with Gasteiger partial charge in [-0.25, -0.2) is 0 Å². The molecular weight excluding hydrogens is 302 g/mol. The summed E-state index contributed by atoms with van der Waals surface area (Å²) < 4.78 is 5.78. The van der Waals surface area contributed by atoms with Gasteiger partial charge in [0.15, 0.2) is 0 Å². The molecule has 5 nitrogen and oxygen atoms in total. The monoisotopic (exact) mass is 315 g/mol. The molecule has 0 aromatic heterocycles. The molecule has 0 atom stereocenters. The molecule has 1 aromatic carbocycles. The first-order valence-corrected chi connectivity index (χ1v) is 5.96. The van der Waals surface area contributed by atoms with Crippen LogP contribution in [0.4, 0.5) is 5.69 Å². The van der Waals surface area contributed by atoms with Crippen molar-refractivity contribution in [1.82, 2.24) is 0 Å². The number of carboxylic acid groups (broad SMARTS) is 1. The Morgan fingerprint density at radius 2 is 1.94 bits per heavy atom. The highest BCUT2D eigenvalue weighted by atomic mass is 79.9. The first-order valence-electron chi connectivity index (χ1n) is 5.17. The fraction of sp³-hybridized carbons (Fsp3) is 0.333. The van der Waals surface area contributed by atoms with E-state index < -0.39 is 17.3 Å². The fourth-order valence-electron chi connectivity index (χ4n) is 1.14. The third-order valence-electron chi connectivity index (χ3n) is 2.47. The van der Waals surface area contributed by atoms with Gasteiger partial charge in [-0.15, -0.1) is 0 Å². The molecule has 18 heavy (non-hydrogen) atoms. The molecule has 0 fully saturated rings. The van der Waals surface area contributed by atoms with Crippen LogP contribution in [0.3, 0.4) is 0 Å². The van der Waals surface area contributed by atoms with E-state index in [1.807, 2.05) is 0 Å². The van der Waals surface area contributed by atoms with Crippen LogP contribution in [0.25, 0.3) is 0 Å². The Hall–Kier alpha value is -1.56. The van der Waals surface area contributed by atoms with E-state index in [0.717, 1.165) is 4.47 Å². The van der Waals surface area contributed by atoms with Gasteiger partial charge < -0.3 is 15.2 Å². The number of ether oxygens (including phenoxy) is 1. The second kappa shape index (κ2) is 5.39. The first-order chi connectivity index (χ1) is 8.27. The van der Waals surface area contributed by atoms with Gasteiger partial charge in [0, 0.05) is 16.2 Å². The number of rotatable bonds is 4. The molecule has 1 amide bonds. The molecule has 2 N–H and O–H groups in total. The largest absolute Gasteiger partial charge is 0.497 e. The summed E-state index contributed by atoms with van der Waals surface area (Å²) in [6.45, 7) is 2.69. The minimum atomic E-state index is -1.49. The number of hydrogen-bond acceptors (Lipinski definition) is 3. The van der Waals surface area contributed by atoms with Crippen LogP contribution in [0.5, 0.6) is 5.75 Å². The van der Waals surface area contributed by atoms with Gasteiger partial charge in [0.2, 0.25) is 5.91 Å². The van der Waals surface area contributed by atoms with Crippen LogP contribution in [0.15, 0.2) is 22.7 Å². The van der Waals surface area contributed by atoms with Gasteiger partial charge in [0.25, 0.3) is 0 Å². The number of aliphatic carboxylic acids is 1. The number of carbonyl (C=O) groups is 2. The maximum atomic E-state index is 11.8. The lowest BCUT2D eigenvalue weighted by atomic mass is 9.92. The van der Waals surface area contributed by atoms with E-state index in [1.165, 1.54) is 21.0 Å². The summed E-state index contributed by atoms with van der Waals surface area (Å²) in [6, 6.07) is 5.01. The van der Waals surface area contributed by atoms with Crippen molar-refractivity contribution in [2.75, 3.05) is 12.4 Å². The molecule has 0 radical (unpaired) electrons. The summed E-state index contributed by atoms with van der Waals surface area (Å²) in [5.41, 5.74) is -1.02. The zero-order valence-corrected chi connectivity index (χ0v) is 11.9.